The van der Waals surface area contributed by atoms with Crippen LogP contribution < -0.4 is 11.1 Å². The fraction of sp³-hybridized carbons (Fsp3) is 0.235. The van der Waals surface area contributed by atoms with Crippen molar-refractivity contribution in [3.05, 3.63) is 65.7 Å². The van der Waals surface area contributed by atoms with Crippen LogP contribution in [0.25, 0.3) is 0 Å². The molecular formula is C17H20N2OS. The van der Waals surface area contributed by atoms with Gasteiger partial charge in [0.25, 0.3) is 0 Å². The normalized spacial score (nSPS) is 12.0. The smallest absolute Gasteiger partial charge is 0.234 e. The van der Waals surface area contributed by atoms with Crippen molar-refractivity contribution in [2.45, 2.75) is 30.2 Å². The third-order valence-electron chi connectivity index (χ3n) is 3.21. The number of rotatable bonds is 7. The van der Waals surface area contributed by atoms with E-state index in [0.717, 1.165) is 11.3 Å². The van der Waals surface area contributed by atoms with Gasteiger partial charge in [0.2, 0.25) is 5.91 Å². The Balaban J connectivity index is 1.83. The molecule has 0 unspecified atom stereocenters. The van der Waals surface area contributed by atoms with Crippen molar-refractivity contribution in [3.63, 3.8) is 0 Å². The van der Waals surface area contributed by atoms with Crippen molar-refractivity contribution in [2.75, 3.05) is 0 Å². The van der Waals surface area contributed by atoms with Gasteiger partial charge in [-0.25, -0.2) is 0 Å². The lowest BCUT2D eigenvalue weighted by molar-refractivity contribution is -0.119. The third kappa shape index (κ3) is 5.25. The van der Waals surface area contributed by atoms with Gasteiger partial charge in [-0.15, -0.1) is 11.8 Å². The molecule has 0 aliphatic carbocycles. The first-order valence-electron chi connectivity index (χ1n) is 6.93. The summed E-state index contributed by atoms with van der Waals surface area (Å²) in [5.74, 6) is 0.641. The quantitative estimate of drug-likeness (QED) is 0.773. The van der Waals surface area contributed by atoms with Crippen LogP contribution in [0.3, 0.4) is 0 Å². The van der Waals surface area contributed by atoms with Gasteiger partial charge in [0.1, 0.15) is 0 Å². The van der Waals surface area contributed by atoms with Crippen LogP contribution in [-0.4, -0.2) is 11.9 Å². The summed E-state index contributed by atoms with van der Waals surface area (Å²) >= 11 is 1.82. The van der Waals surface area contributed by atoms with E-state index < -0.39 is 0 Å². The van der Waals surface area contributed by atoms with E-state index in [9.17, 15) is 4.79 Å². The average molecular weight is 300 g/mol. The number of hydrogen-bond donors (Lipinski definition) is 2. The van der Waals surface area contributed by atoms with Gasteiger partial charge in [-0.2, -0.15) is 0 Å². The molecule has 0 bridgehead atoms. The molecule has 3 N–H and O–H groups in total. The minimum Gasteiger partial charge on any atom is -0.368 e. The second-order valence-corrected chi connectivity index (χ2v) is 5.97. The maximum Gasteiger partial charge on any atom is 0.234 e. The summed E-state index contributed by atoms with van der Waals surface area (Å²) < 4.78 is 0. The molecule has 2 aromatic carbocycles. The lowest BCUT2D eigenvalue weighted by atomic mass is 10.2. The van der Waals surface area contributed by atoms with Crippen LogP contribution in [0, 0.1) is 0 Å². The van der Waals surface area contributed by atoms with Crippen LogP contribution in [-0.2, 0) is 17.1 Å². The molecule has 0 aliphatic heterocycles. The number of amides is 1. The van der Waals surface area contributed by atoms with Gasteiger partial charge < -0.3 is 11.1 Å². The summed E-state index contributed by atoms with van der Waals surface area (Å²) in [4.78, 5) is 12.2. The molecule has 0 heterocycles. The zero-order valence-corrected chi connectivity index (χ0v) is 12.9. The zero-order valence-electron chi connectivity index (χ0n) is 12.1. The van der Waals surface area contributed by atoms with Crippen molar-refractivity contribution in [2.24, 2.45) is 5.73 Å². The van der Waals surface area contributed by atoms with Crippen LogP contribution in [0.2, 0.25) is 0 Å². The Hall–Kier alpha value is -1.78. The van der Waals surface area contributed by atoms with Crippen molar-refractivity contribution < 1.29 is 4.79 Å². The van der Waals surface area contributed by atoms with Gasteiger partial charge in [-0.1, -0.05) is 42.5 Å². The number of nitrogens with two attached hydrogens (primary N) is 1. The molecule has 4 heteroatoms. The average Bonchev–Trinajstić information content (AvgIpc) is 2.52. The van der Waals surface area contributed by atoms with Gasteiger partial charge in [0.15, 0.2) is 0 Å². The van der Waals surface area contributed by atoms with E-state index in [-0.39, 0.29) is 11.9 Å². The van der Waals surface area contributed by atoms with Crippen molar-refractivity contribution in [1.29, 1.82) is 0 Å². The maximum absolute atomic E-state index is 11.0. The molecule has 0 aliphatic rings. The Kier molecular flexibility index (Phi) is 5.84. The summed E-state index contributed by atoms with van der Waals surface area (Å²) in [5.41, 5.74) is 7.68. The highest BCUT2D eigenvalue weighted by Gasteiger charge is 2.06. The molecule has 1 atom stereocenters. The number of nitrogens with one attached hydrogen (secondary N) is 1. The van der Waals surface area contributed by atoms with Crippen molar-refractivity contribution in [1.82, 2.24) is 5.32 Å². The van der Waals surface area contributed by atoms with Gasteiger partial charge in [0.05, 0.1) is 6.04 Å². The van der Waals surface area contributed by atoms with Crippen LogP contribution in [0.4, 0.5) is 0 Å². The predicted octanol–water partition coefficient (Wildman–Crippen LogP) is 2.94. The molecule has 0 saturated carbocycles. The van der Waals surface area contributed by atoms with Crippen molar-refractivity contribution >= 4 is 17.7 Å². The molecule has 0 spiro atoms. The number of benzene rings is 2. The second kappa shape index (κ2) is 7.86. The van der Waals surface area contributed by atoms with Gasteiger partial charge in [-0.05, 0) is 30.2 Å². The Bertz CT molecular complexity index is 569. The molecule has 110 valence electrons. The number of thioether (sulfide) groups is 1. The SMILES string of the molecule is C[C@H](NCc1ccc(SCc2ccccc2)cc1)C(N)=O. The second-order valence-electron chi connectivity index (χ2n) is 4.92. The third-order valence-corrected chi connectivity index (χ3v) is 4.29. The highest BCUT2D eigenvalue weighted by Crippen LogP contribution is 2.22. The van der Waals surface area contributed by atoms with E-state index in [1.807, 2.05) is 17.8 Å². The first-order chi connectivity index (χ1) is 10.1. The number of primary amides is 1. The summed E-state index contributed by atoms with van der Waals surface area (Å²) in [6.45, 7) is 2.42. The van der Waals surface area contributed by atoms with Crippen LogP contribution >= 0.6 is 11.8 Å². The first-order valence-corrected chi connectivity index (χ1v) is 7.92. The molecule has 0 fully saturated rings. The van der Waals surface area contributed by atoms with Gasteiger partial charge >= 0.3 is 0 Å². The summed E-state index contributed by atoms with van der Waals surface area (Å²) in [5, 5.41) is 3.09. The highest BCUT2D eigenvalue weighted by atomic mass is 32.2. The molecule has 2 rings (SSSR count). The largest absolute Gasteiger partial charge is 0.368 e. The molecule has 1 amide bonds. The monoisotopic (exact) mass is 300 g/mol. The fourth-order valence-electron chi connectivity index (χ4n) is 1.82. The molecular weight excluding hydrogens is 280 g/mol. The Labute approximate surface area is 129 Å². The van der Waals surface area contributed by atoms with Crippen LogP contribution in [0.5, 0.6) is 0 Å². The van der Waals surface area contributed by atoms with E-state index >= 15 is 0 Å². The van der Waals surface area contributed by atoms with Crippen LogP contribution in [0.15, 0.2) is 59.5 Å². The Morgan fingerprint density at radius 1 is 1.10 bits per heavy atom. The van der Waals surface area contributed by atoms with E-state index in [1.165, 1.54) is 10.5 Å². The minimum absolute atomic E-state index is 0.308. The number of carbonyl (C=O) groups is 1. The van der Waals surface area contributed by atoms with E-state index in [2.05, 4.69) is 53.8 Å². The number of carbonyl (C=O) groups excluding carboxylic acids is 1. The van der Waals surface area contributed by atoms with Gasteiger partial charge in [0, 0.05) is 17.2 Å². The fourth-order valence-corrected chi connectivity index (χ4v) is 2.67. The Morgan fingerprint density at radius 3 is 2.38 bits per heavy atom. The van der Waals surface area contributed by atoms with Crippen LogP contribution in [0.1, 0.15) is 18.1 Å². The summed E-state index contributed by atoms with van der Waals surface area (Å²) in [6.07, 6.45) is 0. The molecule has 21 heavy (non-hydrogen) atoms. The van der Waals surface area contributed by atoms with E-state index in [4.69, 9.17) is 5.73 Å². The van der Waals surface area contributed by atoms with E-state index in [1.54, 1.807) is 6.92 Å². The highest BCUT2D eigenvalue weighted by molar-refractivity contribution is 7.98. The summed E-state index contributed by atoms with van der Waals surface area (Å²) in [6, 6.07) is 18.5. The Morgan fingerprint density at radius 2 is 1.76 bits per heavy atom. The zero-order chi connectivity index (χ0) is 15.1. The molecule has 0 radical (unpaired) electrons. The van der Waals surface area contributed by atoms with E-state index in [0.29, 0.717) is 6.54 Å². The lowest BCUT2D eigenvalue weighted by Crippen LogP contribution is -2.38. The first kappa shape index (κ1) is 15.6. The van der Waals surface area contributed by atoms with Crippen molar-refractivity contribution in [3.8, 4) is 0 Å². The minimum atomic E-state index is -0.329. The van der Waals surface area contributed by atoms with Gasteiger partial charge in [-0.3, -0.25) is 4.79 Å². The molecule has 0 aromatic heterocycles. The standard InChI is InChI=1S/C17H20N2OS/c1-13(17(18)20)19-11-14-7-9-16(10-8-14)21-12-15-5-3-2-4-6-15/h2-10,13,19H,11-12H2,1H3,(H2,18,20)/t13-/m0/s1. The molecule has 0 saturated heterocycles. The lowest BCUT2D eigenvalue weighted by Gasteiger charge is -2.10. The predicted molar refractivity (Wildman–Crippen MR) is 87.9 cm³/mol. The molecule has 3 nitrogen and oxygen atoms in total. The molecule has 2 aromatic rings. The maximum atomic E-state index is 11.0. The topological polar surface area (TPSA) is 55.1 Å². The summed E-state index contributed by atoms with van der Waals surface area (Å²) in [7, 11) is 0. The number of hydrogen-bond acceptors (Lipinski definition) is 3.